The number of aliphatic hydroxyl groups is 1. The van der Waals surface area contributed by atoms with Gasteiger partial charge in [0.25, 0.3) is 6.43 Å². The molecule has 0 aliphatic heterocycles. The zero-order valence-electron chi connectivity index (χ0n) is 8.40. The molecule has 1 unspecified atom stereocenters. The number of aliphatic hydroxyl groups excluding tert-OH is 1. The number of rotatable bonds is 5. The van der Waals surface area contributed by atoms with E-state index in [0.717, 1.165) is 12.3 Å². The Morgan fingerprint density at radius 2 is 2.24 bits per heavy atom. The van der Waals surface area contributed by atoms with Crippen molar-refractivity contribution in [3.63, 3.8) is 0 Å². The summed E-state index contributed by atoms with van der Waals surface area (Å²) in [5.41, 5.74) is -0.198. The maximum absolute atomic E-state index is 12.0. The first-order chi connectivity index (χ1) is 7.91. The van der Waals surface area contributed by atoms with Crippen molar-refractivity contribution in [3.8, 4) is 0 Å². The van der Waals surface area contributed by atoms with E-state index in [1.54, 1.807) is 0 Å². The van der Waals surface area contributed by atoms with E-state index >= 15 is 0 Å². The number of carboxylic acid groups (broad SMARTS) is 1. The molecule has 8 heteroatoms. The number of aromatic nitrogens is 1. The fourth-order valence-corrected chi connectivity index (χ4v) is 1.18. The van der Waals surface area contributed by atoms with Crippen molar-refractivity contribution in [2.24, 2.45) is 0 Å². The third kappa shape index (κ3) is 3.79. The lowest BCUT2D eigenvalue weighted by atomic mass is 10.2. The van der Waals surface area contributed by atoms with Crippen LogP contribution in [0.2, 0.25) is 5.02 Å². The minimum absolute atomic E-state index is 0.0477. The van der Waals surface area contributed by atoms with Gasteiger partial charge in [0.1, 0.15) is 11.9 Å². The Hall–Kier alpha value is -1.47. The molecule has 94 valence electrons. The standard InChI is InChI=1S/C9H9ClF2N2O3/c10-5-2-13-7(1-4(5)9(16)17)14-3-6(15)8(11)12/h1-2,6,8,15H,3H2,(H,13,14)(H,16,17). The quantitative estimate of drug-likeness (QED) is 0.752. The molecule has 1 heterocycles. The van der Waals surface area contributed by atoms with Crippen LogP contribution in [0, 0.1) is 0 Å². The number of hydrogen-bond acceptors (Lipinski definition) is 4. The molecule has 0 aliphatic rings. The van der Waals surface area contributed by atoms with Crippen molar-refractivity contribution in [1.29, 1.82) is 0 Å². The molecule has 17 heavy (non-hydrogen) atoms. The number of aromatic carboxylic acids is 1. The van der Waals surface area contributed by atoms with E-state index < -0.39 is 25.0 Å². The molecule has 0 bridgehead atoms. The van der Waals surface area contributed by atoms with Gasteiger partial charge in [-0.3, -0.25) is 0 Å². The van der Waals surface area contributed by atoms with E-state index in [9.17, 15) is 13.6 Å². The van der Waals surface area contributed by atoms with Crippen molar-refractivity contribution in [2.75, 3.05) is 11.9 Å². The van der Waals surface area contributed by atoms with Crippen LogP contribution in [-0.2, 0) is 0 Å². The van der Waals surface area contributed by atoms with Crippen molar-refractivity contribution < 1.29 is 23.8 Å². The van der Waals surface area contributed by atoms with Crippen LogP contribution in [-0.4, -0.2) is 40.2 Å². The van der Waals surface area contributed by atoms with E-state index in [4.69, 9.17) is 21.8 Å². The van der Waals surface area contributed by atoms with Gasteiger partial charge in [-0.25, -0.2) is 18.6 Å². The van der Waals surface area contributed by atoms with Gasteiger partial charge >= 0.3 is 5.97 Å². The number of hydrogen-bond donors (Lipinski definition) is 3. The van der Waals surface area contributed by atoms with Gasteiger partial charge in [0, 0.05) is 12.7 Å². The minimum atomic E-state index is -2.88. The molecule has 1 atom stereocenters. The summed E-state index contributed by atoms with van der Waals surface area (Å²) in [6.45, 7) is -0.439. The lowest BCUT2D eigenvalue weighted by Crippen LogP contribution is -2.27. The molecular formula is C9H9ClF2N2O3. The molecule has 0 saturated heterocycles. The Labute approximate surface area is 100 Å². The second-order valence-electron chi connectivity index (χ2n) is 3.14. The number of nitrogens with zero attached hydrogens (tertiary/aromatic N) is 1. The van der Waals surface area contributed by atoms with Gasteiger partial charge in [0.05, 0.1) is 10.6 Å². The van der Waals surface area contributed by atoms with Gasteiger partial charge < -0.3 is 15.5 Å². The number of pyridine rings is 1. The van der Waals surface area contributed by atoms with Gasteiger partial charge in [0.2, 0.25) is 0 Å². The molecule has 0 aliphatic carbocycles. The summed E-state index contributed by atoms with van der Waals surface area (Å²) in [6, 6.07) is 1.10. The monoisotopic (exact) mass is 266 g/mol. The molecule has 0 spiro atoms. The fourth-order valence-electron chi connectivity index (χ4n) is 0.997. The van der Waals surface area contributed by atoms with Crippen molar-refractivity contribution in [1.82, 2.24) is 4.98 Å². The van der Waals surface area contributed by atoms with Crippen LogP contribution < -0.4 is 5.32 Å². The Morgan fingerprint density at radius 1 is 1.59 bits per heavy atom. The highest BCUT2D eigenvalue weighted by Crippen LogP contribution is 2.18. The molecule has 0 amide bonds. The maximum Gasteiger partial charge on any atom is 0.337 e. The van der Waals surface area contributed by atoms with Gasteiger partial charge in [-0.15, -0.1) is 0 Å². The van der Waals surface area contributed by atoms with E-state index in [1.807, 2.05) is 0 Å². The highest BCUT2D eigenvalue weighted by molar-refractivity contribution is 6.33. The molecular weight excluding hydrogens is 258 g/mol. The normalized spacial score (nSPS) is 12.5. The highest BCUT2D eigenvalue weighted by atomic mass is 35.5. The summed E-state index contributed by atoms with van der Waals surface area (Å²) in [4.78, 5) is 14.4. The first-order valence-electron chi connectivity index (χ1n) is 4.50. The number of nitrogens with one attached hydrogen (secondary N) is 1. The zero-order valence-corrected chi connectivity index (χ0v) is 9.16. The molecule has 1 aromatic rings. The van der Waals surface area contributed by atoms with E-state index in [0.29, 0.717) is 0 Å². The number of alkyl halides is 2. The number of carbonyl (C=O) groups is 1. The summed E-state index contributed by atoms with van der Waals surface area (Å²) >= 11 is 5.56. The van der Waals surface area contributed by atoms with Crippen LogP contribution in [0.15, 0.2) is 12.3 Å². The average molecular weight is 267 g/mol. The van der Waals surface area contributed by atoms with Crippen LogP contribution >= 0.6 is 11.6 Å². The SMILES string of the molecule is O=C(O)c1cc(NCC(O)C(F)F)ncc1Cl. The van der Waals surface area contributed by atoms with Gasteiger partial charge in [0.15, 0.2) is 0 Å². The zero-order chi connectivity index (χ0) is 13.0. The Bertz CT molecular complexity index is 417. The number of halogens is 3. The Kier molecular flexibility index (Phi) is 4.59. The first-order valence-corrected chi connectivity index (χ1v) is 4.88. The first kappa shape index (κ1) is 13.6. The summed E-state index contributed by atoms with van der Waals surface area (Å²) in [5, 5.41) is 19.9. The average Bonchev–Trinajstić information content (AvgIpc) is 2.26. The van der Waals surface area contributed by atoms with Crippen LogP contribution in [0.25, 0.3) is 0 Å². The largest absolute Gasteiger partial charge is 0.478 e. The predicted octanol–water partition coefficient (Wildman–Crippen LogP) is 1.47. The van der Waals surface area contributed by atoms with Gasteiger partial charge in [-0.2, -0.15) is 0 Å². The molecule has 1 aromatic heterocycles. The van der Waals surface area contributed by atoms with Crippen molar-refractivity contribution in [3.05, 3.63) is 22.8 Å². The summed E-state index contributed by atoms with van der Waals surface area (Å²) in [5.74, 6) is -1.21. The van der Waals surface area contributed by atoms with E-state index in [-0.39, 0.29) is 16.4 Å². The lowest BCUT2D eigenvalue weighted by molar-refractivity contribution is 0.00380. The van der Waals surface area contributed by atoms with Crippen LogP contribution in [0.5, 0.6) is 0 Å². The van der Waals surface area contributed by atoms with Crippen molar-refractivity contribution in [2.45, 2.75) is 12.5 Å². The third-order valence-corrected chi connectivity index (χ3v) is 2.17. The predicted molar refractivity (Wildman–Crippen MR) is 56.7 cm³/mol. The fraction of sp³-hybridized carbons (Fsp3) is 0.333. The Balaban J connectivity index is 2.73. The molecule has 0 radical (unpaired) electrons. The smallest absolute Gasteiger partial charge is 0.337 e. The molecule has 0 fully saturated rings. The van der Waals surface area contributed by atoms with Gasteiger partial charge in [-0.1, -0.05) is 11.6 Å². The molecule has 0 saturated carbocycles. The Morgan fingerprint density at radius 3 is 2.76 bits per heavy atom. The van der Waals surface area contributed by atoms with Crippen LogP contribution in [0.4, 0.5) is 14.6 Å². The third-order valence-electron chi connectivity index (χ3n) is 1.87. The topological polar surface area (TPSA) is 82.5 Å². The second kappa shape index (κ2) is 5.74. The highest BCUT2D eigenvalue weighted by Gasteiger charge is 2.17. The summed E-state index contributed by atoms with van der Waals surface area (Å²) in [6.07, 6.45) is -3.64. The van der Waals surface area contributed by atoms with Crippen molar-refractivity contribution >= 4 is 23.4 Å². The molecule has 1 rings (SSSR count). The maximum atomic E-state index is 12.0. The molecule has 0 aromatic carbocycles. The summed E-state index contributed by atoms with van der Waals surface area (Å²) < 4.78 is 24.0. The summed E-state index contributed by atoms with van der Waals surface area (Å²) in [7, 11) is 0. The van der Waals surface area contributed by atoms with Crippen LogP contribution in [0.3, 0.4) is 0 Å². The second-order valence-corrected chi connectivity index (χ2v) is 3.54. The van der Waals surface area contributed by atoms with E-state index in [2.05, 4.69) is 10.3 Å². The number of anilines is 1. The van der Waals surface area contributed by atoms with E-state index in [1.165, 1.54) is 0 Å². The number of carboxylic acids is 1. The lowest BCUT2D eigenvalue weighted by Gasteiger charge is -2.11. The van der Waals surface area contributed by atoms with Gasteiger partial charge in [-0.05, 0) is 6.07 Å². The van der Waals surface area contributed by atoms with Crippen LogP contribution in [0.1, 0.15) is 10.4 Å². The minimum Gasteiger partial charge on any atom is -0.478 e. The molecule has 3 N–H and O–H groups in total. The molecule has 5 nitrogen and oxygen atoms in total.